The zero-order chi connectivity index (χ0) is 13.5. The first-order valence-corrected chi connectivity index (χ1v) is 7.50. The smallest absolute Gasteiger partial charge is 0.307 e. The van der Waals surface area contributed by atoms with Gasteiger partial charge in [0, 0.05) is 13.6 Å². The highest BCUT2D eigenvalue weighted by molar-refractivity contribution is 7.89. The molecule has 17 heavy (non-hydrogen) atoms. The highest BCUT2D eigenvalue weighted by Gasteiger charge is 2.18. The van der Waals surface area contributed by atoms with Crippen molar-refractivity contribution in [3.63, 3.8) is 0 Å². The number of nitrogens with zero attached hydrogens (tertiary/aromatic N) is 1. The number of sulfonamides is 1. The summed E-state index contributed by atoms with van der Waals surface area (Å²) in [5.41, 5.74) is 0. The lowest BCUT2D eigenvalue weighted by atomic mass is 10.2. The largest absolute Gasteiger partial charge is 0.466 e. The molecule has 0 aliphatic rings. The number of carbonyl (C=O) groups excluding carboxylic acids is 1. The molecule has 0 aromatic rings. The van der Waals surface area contributed by atoms with Crippen LogP contribution in [-0.2, 0) is 19.6 Å². The fourth-order valence-corrected chi connectivity index (χ4v) is 2.61. The zero-order valence-electron chi connectivity index (χ0n) is 11.1. The van der Waals surface area contributed by atoms with Crippen molar-refractivity contribution in [1.29, 1.82) is 0 Å². The van der Waals surface area contributed by atoms with E-state index in [2.05, 4.69) is 0 Å². The normalized spacial score (nSPS) is 12.1. The molecule has 0 rings (SSSR count). The topological polar surface area (TPSA) is 63.7 Å². The van der Waals surface area contributed by atoms with Crippen LogP contribution in [0.1, 0.15) is 33.6 Å². The van der Waals surface area contributed by atoms with E-state index in [-0.39, 0.29) is 24.7 Å². The monoisotopic (exact) mass is 265 g/mol. The van der Waals surface area contributed by atoms with Crippen molar-refractivity contribution in [2.45, 2.75) is 33.6 Å². The van der Waals surface area contributed by atoms with E-state index in [1.807, 2.05) is 13.8 Å². The third kappa shape index (κ3) is 7.33. The van der Waals surface area contributed by atoms with Gasteiger partial charge < -0.3 is 4.74 Å². The molecule has 102 valence electrons. The van der Waals surface area contributed by atoms with Crippen molar-refractivity contribution < 1.29 is 17.9 Å². The lowest BCUT2D eigenvalue weighted by Gasteiger charge is -2.17. The molecule has 0 fully saturated rings. The van der Waals surface area contributed by atoms with Gasteiger partial charge in [-0.3, -0.25) is 4.79 Å². The lowest BCUT2D eigenvalue weighted by molar-refractivity contribution is -0.143. The minimum atomic E-state index is -3.24. The van der Waals surface area contributed by atoms with Crippen LogP contribution in [0.4, 0.5) is 0 Å². The Morgan fingerprint density at radius 1 is 1.35 bits per heavy atom. The molecule has 0 bridgehead atoms. The van der Waals surface area contributed by atoms with Crippen LogP contribution in [0.3, 0.4) is 0 Å². The molecule has 0 aliphatic heterocycles. The Kier molecular flexibility index (Phi) is 7.38. The summed E-state index contributed by atoms with van der Waals surface area (Å²) in [4.78, 5) is 11.1. The summed E-state index contributed by atoms with van der Waals surface area (Å²) in [5, 5.41) is 0. The first-order chi connectivity index (χ1) is 7.79. The average molecular weight is 265 g/mol. The van der Waals surface area contributed by atoms with Gasteiger partial charge in [0.25, 0.3) is 0 Å². The first-order valence-electron chi connectivity index (χ1n) is 5.89. The summed E-state index contributed by atoms with van der Waals surface area (Å²) in [5.74, 6) is 0.117. The third-order valence-electron chi connectivity index (χ3n) is 2.36. The second-order valence-electron chi connectivity index (χ2n) is 4.38. The fraction of sp³-hybridized carbons (Fsp3) is 0.909. The Morgan fingerprint density at radius 2 is 1.94 bits per heavy atom. The van der Waals surface area contributed by atoms with E-state index in [4.69, 9.17) is 4.74 Å². The quantitative estimate of drug-likeness (QED) is 0.620. The van der Waals surface area contributed by atoms with Gasteiger partial charge in [0.2, 0.25) is 10.0 Å². The summed E-state index contributed by atoms with van der Waals surface area (Å²) in [6.07, 6.45) is 0.733. The highest BCUT2D eigenvalue weighted by Crippen LogP contribution is 2.07. The second-order valence-corrected chi connectivity index (χ2v) is 6.57. The predicted octanol–water partition coefficient (Wildman–Crippen LogP) is 1.25. The Bertz CT molecular complexity index is 324. The maximum Gasteiger partial charge on any atom is 0.307 e. The Hall–Kier alpha value is -0.620. The standard InChI is InChI=1S/C11H23NO4S/c1-5-16-11(13)6-8-12(4)17(14,15)9-7-10(2)3/h10H,5-9H2,1-4H3. The van der Waals surface area contributed by atoms with Crippen LogP contribution in [0.15, 0.2) is 0 Å². The first kappa shape index (κ1) is 16.4. The summed E-state index contributed by atoms with van der Waals surface area (Å²) in [6.45, 7) is 6.19. The molecular weight excluding hydrogens is 242 g/mol. The van der Waals surface area contributed by atoms with E-state index in [0.29, 0.717) is 18.9 Å². The van der Waals surface area contributed by atoms with E-state index in [9.17, 15) is 13.2 Å². The molecule has 0 unspecified atom stereocenters. The molecule has 0 N–H and O–H groups in total. The molecule has 0 heterocycles. The third-order valence-corrected chi connectivity index (χ3v) is 4.25. The van der Waals surface area contributed by atoms with Crippen LogP contribution in [0.2, 0.25) is 0 Å². The molecule has 0 radical (unpaired) electrons. The van der Waals surface area contributed by atoms with Gasteiger partial charge in [-0.15, -0.1) is 0 Å². The maximum absolute atomic E-state index is 11.8. The fourth-order valence-electron chi connectivity index (χ4n) is 1.16. The SMILES string of the molecule is CCOC(=O)CCN(C)S(=O)(=O)CCC(C)C. The lowest BCUT2D eigenvalue weighted by Crippen LogP contribution is -2.31. The molecule has 0 aliphatic carbocycles. The summed E-state index contributed by atoms with van der Waals surface area (Å²) in [6, 6.07) is 0. The predicted molar refractivity (Wildman–Crippen MR) is 67.1 cm³/mol. The summed E-state index contributed by atoms with van der Waals surface area (Å²) in [7, 11) is -1.75. The Labute approximate surface area is 104 Å². The molecule has 0 aromatic carbocycles. The van der Waals surface area contributed by atoms with Gasteiger partial charge in [-0.05, 0) is 19.3 Å². The van der Waals surface area contributed by atoms with Crippen LogP contribution in [-0.4, -0.2) is 44.6 Å². The van der Waals surface area contributed by atoms with Crippen molar-refractivity contribution in [3.05, 3.63) is 0 Å². The van der Waals surface area contributed by atoms with Crippen molar-refractivity contribution >= 4 is 16.0 Å². The van der Waals surface area contributed by atoms with Gasteiger partial charge in [-0.2, -0.15) is 0 Å². The molecule has 0 amide bonds. The van der Waals surface area contributed by atoms with Crippen LogP contribution in [0.25, 0.3) is 0 Å². The van der Waals surface area contributed by atoms with E-state index >= 15 is 0 Å². The van der Waals surface area contributed by atoms with Crippen molar-refractivity contribution in [2.24, 2.45) is 5.92 Å². The minimum absolute atomic E-state index is 0.102. The van der Waals surface area contributed by atoms with Crippen molar-refractivity contribution in [3.8, 4) is 0 Å². The molecule has 0 aromatic heterocycles. The van der Waals surface area contributed by atoms with Gasteiger partial charge in [0.05, 0.1) is 18.8 Å². The molecular formula is C11H23NO4S. The highest BCUT2D eigenvalue weighted by atomic mass is 32.2. The molecule has 0 spiro atoms. The zero-order valence-corrected chi connectivity index (χ0v) is 11.9. The molecule has 0 saturated carbocycles. The Balaban J connectivity index is 4.11. The molecule has 0 atom stereocenters. The number of ether oxygens (including phenoxy) is 1. The van der Waals surface area contributed by atoms with E-state index < -0.39 is 10.0 Å². The Morgan fingerprint density at radius 3 is 2.41 bits per heavy atom. The number of hydrogen-bond acceptors (Lipinski definition) is 4. The van der Waals surface area contributed by atoms with Gasteiger partial charge in [-0.1, -0.05) is 13.8 Å². The van der Waals surface area contributed by atoms with Gasteiger partial charge >= 0.3 is 5.97 Å². The van der Waals surface area contributed by atoms with Crippen LogP contribution in [0, 0.1) is 5.92 Å². The average Bonchev–Trinajstić information content (AvgIpc) is 2.23. The summed E-state index contributed by atoms with van der Waals surface area (Å²) >= 11 is 0. The van der Waals surface area contributed by atoms with E-state index in [0.717, 1.165) is 0 Å². The van der Waals surface area contributed by atoms with Crippen LogP contribution < -0.4 is 0 Å². The van der Waals surface area contributed by atoms with Gasteiger partial charge in [-0.25, -0.2) is 12.7 Å². The van der Waals surface area contributed by atoms with Gasteiger partial charge in [0.15, 0.2) is 0 Å². The maximum atomic E-state index is 11.8. The number of hydrogen-bond donors (Lipinski definition) is 0. The molecule has 6 heteroatoms. The van der Waals surface area contributed by atoms with Crippen molar-refractivity contribution in [1.82, 2.24) is 4.31 Å². The molecule has 5 nitrogen and oxygen atoms in total. The number of carbonyl (C=O) groups is 1. The number of rotatable bonds is 8. The minimum Gasteiger partial charge on any atom is -0.466 e. The van der Waals surface area contributed by atoms with Crippen molar-refractivity contribution in [2.75, 3.05) is 26.0 Å². The van der Waals surface area contributed by atoms with Crippen LogP contribution >= 0.6 is 0 Å². The second kappa shape index (κ2) is 7.66. The molecule has 0 saturated heterocycles. The van der Waals surface area contributed by atoms with E-state index in [1.165, 1.54) is 11.4 Å². The number of esters is 1. The van der Waals surface area contributed by atoms with E-state index in [1.54, 1.807) is 6.92 Å². The summed E-state index contributed by atoms with van der Waals surface area (Å²) < 4.78 is 29.5. The van der Waals surface area contributed by atoms with Gasteiger partial charge in [0.1, 0.15) is 0 Å². The van der Waals surface area contributed by atoms with Crippen LogP contribution in [0.5, 0.6) is 0 Å².